The number of methoxy groups -OCH3 is 2. The van der Waals surface area contributed by atoms with Crippen LogP contribution in [-0.2, 0) is 39.6 Å². The molecule has 25 heteroatoms. The molecular weight excluding hydrogens is 1080 g/mol. The second kappa shape index (κ2) is 23.5. The molecule has 0 aliphatic carbocycles. The van der Waals surface area contributed by atoms with Gasteiger partial charge in [0.05, 0.1) is 51.0 Å². The van der Waals surface area contributed by atoms with Gasteiger partial charge in [0.2, 0.25) is 0 Å². The highest BCUT2D eigenvalue weighted by molar-refractivity contribution is 6.38. The number of aryl methyl sites for hydroxylation is 2. The summed E-state index contributed by atoms with van der Waals surface area (Å²) in [6, 6.07) is 11.3. The van der Waals surface area contributed by atoms with Crippen molar-refractivity contribution < 1.29 is 69.6 Å². The number of amides is 2. The Hall–Kier alpha value is -6.00. The van der Waals surface area contributed by atoms with Crippen LogP contribution in [0.4, 0.5) is 26.3 Å². The van der Waals surface area contributed by atoms with Crippen LogP contribution in [0.2, 0.25) is 20.1 Å². The van der Waals surface area contributed by atoms with Crippen LogP contribution in [-0.4, -0.2) is 111 Å². The number of ether oxygens (including phenoxy) is 4. The average molecular weight is 1130 g/mol. The lowest BCUT2D eigenvalue weighted by atomic mass is 9.93. The van der Waals surface area contributed by atoms with Gasteiger partial charge >= 0.3 is 24.7 Å². The third-order valence-electron chi connectivity index (χ3n) is 13.2. The molecule has 2 aliphatic rings. The van der Waals surface area contributed by atoms with Gasteiger partial charge in [-0.25, -0.2) is 9.97 Å². The van der Waals surface area contributed by atoms with Crippen molar-refractivity contribution in [2.24, 2.45) is 25.9 Å². The minimum Gasteiger partial charge on any atom is -0.469 e. The maximum absolute atomic E-state index is 13.2. The molecule has 2 aliphatic heterocycles. The van der Waals surface area contributed by atoms with E-state index in [1.807, 2.05) is 6.07 Å². The molecule has 2 aromatic carbocycles. The van der Waals surface area contributed by atoms with E-state index in [-0.39, 0.29) is 91.0 Å². The van der Waals surface area contributed by atoms with E-state index in [1.54, 1.807) is 34.5 Å². The van der Waals surface area contributed by atoms with Crippen LogP contribution >= 0.6 is 46.4 Å². The number of aromatic nitrogens is 4. The molecule has 6 aromatic rings. The molecule has 0 radical (unpaired) electrons. The van der Waals surface area contributed by atoms with Gasteiger partial charge in [0.15, 0.2) is 0 Å². The molecule has 2 saturated heterocycles. The van der Waals surface area contributed by atoms with Crippen LogP contribution in [0.5, 0.6) is 11.5 Å². The maximum atomic E-state index is 13.2. The Morgan fingerprint density at radius 1 is 0.653 bits per heavy atom. The molecule has 2 amide bonds. The summed E-state index contributed by atoms with van der Waals surface area (Å²) in [5, 5.41) is 12.8. The quantitative estimate of drug-likeness (QED) is 0.0915. The van der Waals surface area contributed by atoms with E-state index in [2.05, 4.69) is 19.4 Å². The van der Waals surface area contributed by atoms with Crippen molar-refractivity contribution in [3.63, 3.8) is 0 Å². The minimum atomic E-state index is -4.85. The molecule has 1 atom stereocenters. The number of fused-ring (bicyclic) bond motifs is 2. The van der Waals surface area contributed by atoms with Crippen molar-refractivity contribution in [2.45, 2.75) is 63.8 Å². The maximum Gasteiger partial charge on any atom is 0.573 e. The summed E-state index contributed by atoms with van der Waals surface area (Å²) in [6.45, 7) is 1.71. The molecule has 2 fully saturated rings. The summed E-state index contributed by atoms with van der Waals surface area (Å²) in [5.74, 6) is -1.82. The lowest BCUT2D eigenvalue weighted by molar-refractivity contribution is -0.275. The van der Waals surface area contributed by atoms with E-state index in [1.165, 1.54) is 67.6 Å². The minimum absolute atomic E-state index is 0.0159. The summed E-state index contributed by atoms with van der Waals surface area (Å²) >= 11 is 25.9. The Morgan fingerprint density at radius 2 is 1.09 bits per heavy atom. The third kappa shape index (κ3) is 13.5. The Morgan fingerprint density at radius 3 is 1.56 bits per heavy atom. The SMILES string of the molecule is COC(=O)CC1CCN(C(=O)c2ncc(Cl)c(C(O)c3cc4ccc(OC(F)(F)F)cc4n3C)c2Cl)CC1.COC(=O)CC1CCN(C(=O)c2ncc(Cl)c(Cc3cc4ccc(OC(F)(F)F)cc4n3C)c2Cl)CC1. The molecule has 0 spiro atoms. The van der Waals surface area contributed by atoms with Crippen molar-refractivity contribution in [1.82, 2.24) is 28.9 Å². The van der Waals surface area contributed by atoms with Gasteiger partial charge in [-0.1, -0.05) is 46.4 Å². The standard InChI is InChI=1S/C25H24Cl2F3N3O5.C25H24Cl2F3N3O4/c1-32-17-11-15(38-25(28,29)30)4-3-14(17)10-18(32)23(35)20-16(26)12-31-22(21(20)27)24(36)33-7-5-13(6-8-33)9-19(34)37-2;1-32-16(10-15-3-4-17(12-20(15)32)37-25(28,29)30)11-18-19(26)13-31-23(22(18)27)24(35)33-7-5-14(6-8-33)9-21(34)36-2/h3-4,10-13,23,35H,5-9H2,1-2H3;3-4,10,12-14H,5-9,11H2,1-2H3. The van der Waals surface area contributed by atoms with E-state index in [0.29, 0.717) is 85.7 Å². The molecule has 75 heavy (non-hydrogen) atoms. The number of carbonyl (C=O) groups is 4. The van der Waals surface area contributed by atoms with Crippen LogP contribution in [0.1, 0.15) is 88.1 Å². The Bertz CT molecular complexity index is 3120. The first kappa shape index (κ1) is 56.7. The van der Waals surface area contributed by atoms with Gasteiger partial charge < -0.3 is 43.0 Å². The number of aliphatic hydroxyl groups is 1. The van der Waals surface area contributed by atoms with Crippen LogP contribution in [0.25, 0.3) is 21.8 Å². The predicted octanol–water partition coefficient (Wildman–Crippen LogP) is 11.1. The number of benzene rings is 2. The number of hydrogen-bond acceptors (Lipinski definition) is 11. The van der Waals surface area contributed by atoms with Gasteiger partial charge in [-0.05, 0) is 79.5 Å². The first-order valence-electron chi connectivity index (χ1n) is 23.1. The highest BCUT2D eigenvalue weighted by Crippen LogP contribution is 2.39. The van der Waals surface area contributed by atoms with Gasteiger partial charge in [0, 0.05) is 106 Å². The zero-order valence-electron chi connectivity index (χ0n) is 40.5. The fourth-order valence-electron chi connectivity index (χ4n) is 9.17. The molecule has 6 heterocycles. The zero-order valence-corrected chi connectivity index (χ0v) is 43.5. The Balaban J connectivity index is 0.000000219. The topological polar surface area (TPSA) is 168 Å². The number of halogens is 10. The van der Waals surface area contributed by atoms with E-state index >= 15 is 0 Å². The smallest absolute Gasteiger partial charge is 0.469 e. The fourth-order valence-corrected chi connectivity index (χ4v) is 10.4. The predicted molar refractivity (Wildman–Crippen MR) is 265 cm³/mol. The van der Waals surface area contributed by atoms with E-state index in [9.17, 15) is 50.6 Å². The summed E-state index contributed by atoms with van der Waals surface area (Å²) in [5.41, 5.74) is 2.42. The van der Waals surface area contributed by atoms with Gasteiger partial charge in [-0.15, -0.1) is 26.3 Å². The number of rotatable bonds is 12. The average Bonchev–Trinajstić information content (AvgIpc) is 3.85. The number of hydrogen-bond donors (Lipinski definition) is 1. The number of alkyl halides is 6. The van der Waals surface area contributed by atoms with Gasteiger partial charge in [0.1, 0.15) is 29.0 Å². The lowest BCUT2D eigenvalue weighted by Gasteiger charge is -2.31. The van der Waals surface area contributed by atoms with Crippen molar-refractivity contribution in [2.75, 3.05) is 40.4 Å². The molecule has 4 aromatic heterocycles. The number of nitrogens with zero attached hydrogens (tertiary/aromatic N) is 6. The highest BCUT2D eigenvalue weighted by Gasteiger charge is 2.35. The largest absolute Gasteiger partial charge is 0.573 e. The number of likely N-dealkylation sites (tertiary alicyclic amines) is 2. The summed E-state index contributed by atoms with van der Waals surface area (Å²) in [6.07, 6.45) is -5.10. The molecule has 15 nitrogen and oxygen atoms in total. The monoisotopic (exact) mass is 1130 g/mol. The first-order valence-corrected chi connectivity index (χ1v) is 24.6. The van der Waals surface area contributed by atoms with Crippen molar-refractivity contribution in [1.29, 1.82) is 0 Å². The number of carbonyl (C=O) groups excluding carboxylic acids is 4. The van der Waals surface area contributed by atoms with Crippen LogP contribution < -0.4 is 9.47 Å². The molecule has 0 saturated carbocycles. The molecular formula is C50H48Cl4F6N6O9. The lowest BCUT2D eigenvalue weighted by Crippen LogP contribution is -2.39. The van der Waals surface area contributed by atoms with Crippen molar-refractivity contribution in [3.8, 4) is 11.5 Å². The molecule has 0 bridgehead atoms. The van der Waals surface area contributed by atoms with E-state index < -0.39 is 30.5 Å². The van der Waals surface area contributed by atoms with Crippen LogP contribution in [0, 0.1) is 11.8 Å². The second-order valence-electron chi connectivity index (χ2n) is 17.9. The van der Waals surface area contributed by atoms with Crippen molar-refractivity contribution in [3.05, 3.63) is 115 Å². The second-order valence-corrected chi connectivity index (χ2v) is 19.5. The molecule has 1 N–H and O–H groups in total. The number of piperidine rings is 2. The van der Waals surface area contributed by atoms with Gasteiger partial charge in [-0.3, -0.25) is 19.2 Å². The van der Waals surface area contributed by atoms with Crippen LogP contribution in [0.15, 0.2) is 60.9 Å². The summed E-state index contributed by atoms with van der Waals surface area (Å²) in [4.78, 5) is 61.1. The highest BCUT2D eigenvalue weighted by atomic mass is 35.5. The zero-order chi connectivity index (χ0) is 54.7. The van der Waals surface area contributed by atoms with E-state index in [0.717, 1.165) is 5.69 Å². The summed E-state index contributed by atoms with van der Waals surface area (Å²) < 4.78 is 96.5. The molecule has 402 valence electrons. The third-order valence-corrected chi connectivity index (χ3v) is 14.6. The molecule has 1 unspecified atom stereocenters. The van der Waals surface area contributed by atoms with E-state index in [4.69, 9.17) is 55.9 Å². The van der Waals surface area contributed by atoms with Gasteiger partial charge in [-0.2, -0.15) is 0 Å². The van der Waals surface area contributed by atoms with Gasteiger partial charge in [0.25, 0.3) is 11.8 Å². The number of pyridine rings is 2. The van der Waals surface area contributed by atoms with Crippen molar-refractivity contribution >= 4 is 92.0 Å². The number of aliphatic hydroxyl groups excluding tert-OH is 1. The first-order chi connectivity index (χ1) is 35.4. The Kier molecular flexibility index (Phi) is 17.8. The summed E-state index contributed by atoms with van der Waals surface area (Å²) in [7, 11) is 5.96. The number of esters is 2. The van der Waals surface area contributed by atoms with Crippen LogP contribution in [0.3, 0.4) is 0 Å². The fraction of sp³-hybridized carbons (Fsp3) is 0.400. The normalized spacial score (nSPS) is 15.1. The Labute approximate surface area is 445 Å². The molecule has 8 rings (SSSR count).